The first-order chi connectivity index (χ1) is 32.3. The number of phosphoric ester groups is 1. The van der Waals surface area contributed by atoms with E-state index in [1.54, 1.807) is 0 Å². The third-order valence-corrected chi connectivity index (χ3v) is 13.6. The van der Waals surface area contributed by atoms with Crippen molar-refractivity contribution in [3.63, 3.8) is 0 Å². The average Bonchev–Trinajstić information content (AvgIpc) is 3.31. The number of rotatable bonds is 54. The molecule has 2 atom stereocenters. The predicted molar refractivity (Wildman–Crippen MR) is 280 cm³/mol. The molecular weight excluding hydrogens is 846 g/mol. The van der Waals surface area contributed by atoms with Crippen LogP contribution in [-0.4, -0.2) is 49.3 Å². The number of carbonyl (C=O) groups is 2. The van der Waals surface area contributed by atoms with E-state index in [1.165, 1.54) is 218 Å². The molecule has 0 radical (unpaired) electrons. The molecule has 0 heterocycles. The minimum absolute atomic E-state index is 0.0566. The van der Waals surface area contributed by atoms with Gasteiger partial charge in [0.05, 0.1) is 13.2 Å². The maximum Gasteiger partial charge on any atom is 0.472 e. The summed E-state index contributed by atoms with van der Waals surface area (Å²) in [7, 11) is -4.38. The smallest absolute Gasteiger partial charge is 0.462 e. The third kappa shape index (κ3) is 51.9. The van der Waals surface area contributed by atoms with Gasteiger partial charge in [-0.2, -0.15) is 0 Å². The van der Waals surface area contributed by atoms with E-state index in [0.717, 1.165) is 38.5 Å². The van der Waals surface area contributed by atoms with Crippen molar-refractivity contribution in [1.82, 2.24) is 0 Å². The number of nitrogens with two attached hydrogens (primary N) is 1. The molecule has 0 aliphatic carbocycles. The Kier molecular flexibility index (Phi) is 51.6. The van der Waals surface area contributed by atoms with Crippen molar-refractivity contribution in [2.24, 2.45) is 5.73 Å². The van der Waals surface area contributed by atoms with Crippen molar-refractivity contribution in [3.05, 3.63) is 24.3 Å². The molecule has 10 heteroatoms. The topological polar surface area (TPSA) is 134 Å². The molecule has 390 valence electrons. The zero-order valence-corrected chi connectivity index (χ0v) is 44.3. The summed E-state index contributed by atoms with van der Waals surface area (Å²) in [5.74, 6) is -0.811. The highest BCUT2D eigenvalue weighted by molar-refractivity contribution is 7.47. The summed E-state index contributed by atoms with van der Waals surface area (Å²) in [4.78, 5) is 35.1. The lowest BCUT2D eigenvalue weighted by Crippen LogP contribution is -2.29. The van der Waals surface area contributed by atoms with E-state index in [4.69, 9.17) is 24.3 Å². The highest BCUT2D eigenvalue weighted by atomic mass is 31.2. The third-order valence-electron chi connectivity index (χ3n) is 12.6. The molecule has 0 rings (SSSR count). The van der Waals surface area contributed by atoms with Crippen molar-refractivity contribution in [3.8, 4) is 0 Å². The fourth-order valence-electron chi connectivity index (χ4n) is 8.37. The number of phosphoric acid groups is 1. The van der Waals surface area contributed by atoms with Crippen LogP contribution < -0.4 is 5.73 Å². The lowest BCUT2D eigenvalue weighted by molar-refractivity contribution is -0.161. The Balaban J connectivity index is 3.86. The maximum atomic E-state index is 12.7. The second-order valence-electron chi connectivity index (χ2n) is 19.2. The van der Waals surface area contributed by atoms with Crippen molar-refractivity contribution in [2.45, 2.75) is 296 Å². The Hall–Kier alpha value is -1.51. The van der Waals surface area contributed by atoms with Gasteiger partial charge in [-0.25, -0.2) is 4.57 Å². The summed E-state index contributed by atoms with van der Waals surface area (Å²) < 4.78 is 33.0. The van der Waals surface area contributed by atoms with Gasteiger partial charge in [-0.05, 0) is 44.9 Å². The van der Waals surface area contributed by atoms with E-state index in [2.05, 4.69) is 38.2 Å². The first kappa shape index (κ1) is 64.5. The van der Waals surface area contributed by atoms with Gasteiger partial charge in [0.25, 0.3) is 0 Å². The first-order valence-electron chi connectivity index (χ1n) is 28.3. The zero-order valence-electron chi connectivity index (χ0n) is 43.5. The number of carbonyl (C=O) groups excluding carboxylic acids is 2. The van der Waals surface area contributed by atoms with Crippen molar-refractivity contribution in [2.75, 3.05) is 26.4 Å². The standard InChI is InChI=1S/C56H108NO8P/c1-3-5-7-9-11-13-15-17-19-20-21-22-23-24-25-26-27-28-29-30-31-32-33-34-35-37-39-41-43-45-47-49-56(59)65-54(53-64-66(60,61)63-51-50-57)52-62-55(58)48-46-44-42-40-38-36-18-16-14-12-10-8-6-4-2/h15,17,20-21,54H,3-14,16,18-19,22-53,57H2,1-2H3,(H,60,61)/b17-15-,21-20-. The molecular formula is C56H108NO8P. The van der Waals surface area contributed by atoms with Crippen LogP contribution in [0.2, 0.25) is 0 Å². The van der Waals surface area contributed by atoms with Crippen LogP contribution in [0.25, 0.3) is 0 Å². The molecule has 2 unspecified atom stereocenters. The second kappa shape index (κ2) is 52.9. The molecule has 66 heavy (non-hydrogen) atoms. The van der Waals surface area contributed by atoms with Crippen molar-refractivity contribution in [1.29, 1.82) is 0 Å². The molecule has 0 aliphatic rings. The lowest BCUT2D eigenvalue weighted by Gasteiger charge is -2.19. The van der Waals surface area contributed by atoms with Crippen LogP contribution in [-0.2, 0) is 32.7 Å². The van der Waals surface area contributed by atoms with Gasteiger partial charge >= 0.3 is 19.8 Å². The summed E-state index contributed by atoms with van der Waals surface area (Å²) >= 11 is 0. The van der Waals surface area contributed by atoms with Gasteiger partial charge in [-0.15, -0.1) is 0 Å². The Bertz CT molecular complexity index is 1130. The summed E-state index contributed by atoms with van der Waals surface area (Å²) in [6.07, 6.45) is 61.0. The number of allylic oxidation sites excluding steroid dienone is 4. The first-order valence-corrected chi connectivity index (χ1v) is 29.8. The summed E-state index contributed by atoms with van der Waals surface area (Å²) in [5, 5.41) is 0. The second-order valence-corrected chi connectivity index (χ2v) is 20.6. The van der Waals surface area contributed by atoms with Crippen LogP contribution >= 0.6 is 7.82 Å². The number of ether oxygens (including phenoxy) is 2. The fraction of sp³-hybridized carbons (Fsp3) is 0.893. The Labute approximate surface area is 408 Å². The van der Waals surface area contributed by atoms with Crippen LogP contribution in [0, 0.1) is 0 Å². The highest BCUT2D eigenvalue weighted by Crippen LogP contribution is 2.43. The molecule has 0 aromatic rings. The zero-order chi connectivity index (χ0) is 48.1. The van der Waals surface area contributed by atoms with E-state index in [9.17, 15) is 19.0 Å². The van der Waals surface area contributed by atoms with Gasteiger partial charge in [0.15, 0.2) is 6.10 Å². The molecule has 0 saturated heterocycles. The largest absolute Gasteiger partial charge is 0.472 e. The minimum atomic E-state index is -4.38. The Morgan fingerprint density at radius 3 is 1.15 bits per heavy atom. The summed E-state index contributed by atoms with van der Waals surface area (Å²) in [6, 6.07) is 0. The van der Waals surface area contributed by atoms with Gasteiger partial charge in [-0.3, -0.25) is 18.6 Å². The number of hydrogen-bond acceptors (Lipinski definition) is 8. The number of esters is 2. The normalized spacial score (nSPS) is 13.2. The summed E-state index contributed by atoms with van der Waals surface area (Å²) in [5.41, 5.74) is 5.37. The van der Waals surface area contributed by atoms with Crippen LogP contribution in [0.5, 0.6) is 0 Å². The van der Waals surface area contributed by atoms with Crippen LogP contribution in [0.1, 0.15) is 290 Å². The van der Waals surface area contributed by atoms with Gasteiger partial charge in [0, 0.05) is 19.4 Å². The molecule has 3 N–H and O–H groups in total. The molecule has 0 saturated carbocycles. The molecule has 0 aromatic carbocycles. The lowest BCUT2D eigenvalue weighted by atomic mass is 10.0. The minimum Gasteiger partial charge on any atom is -0.462 e. The molecule has 0 fully saturated rings. The maximum absolute atomic E-state index is 12.7. The van der Waals surface area contributed by atoms with E-state index in [-0.39, 0.29) is 38.6 Å². The van der Waals surface area contributed by atoms with E-state index in [1.807, 2.05) is 0 Å². The Morgan fingerprint density at radius 1 is 0.455 bits per heavy atom. The van der Waals surface area contributed by atoms with Crippen LogP contribution in [0.4, 0.5) is 0 Å². The average molecular weight is 954 g/mol. The highest BCUT2D eigenvalue weighted by Gasteiger charge is 2.26. The van der Waals surface area contributed by atoms with Gasteiger partial charge in [0.2, 0.25) is 0 Å². The number of hydrogen-bond donors (Lipinski definition) is 2. The van der Waals surface area contributed by atoms with Gasteiger partial charge in [0.1, 0.15) is 6.61 Å². The van der Waals surface area contributed by atoms with E-state index >= 15 is 0 Å². The van der Waals surface area contributed by atoms with Crippen LogP contribution in [0.15, 0.2) is 24.3 Å². The van der Waals surface area contributed by atoms with E-state index < -0.39 is 26.5 Å². The van der Waals surface area contributed by atoms with Gasteiger partial charge < -0.3 is 20.1 Å². The molecule has 9 nitrogen and oxygen atoms in total. The molecule has 0 amide bonds. The predicted octanol–water partition coefficient (Wildman–Crippen LogP) is 17.5. The van der Waals surface area contributed by atoms with Gasteiger partial charge in [-0.1, -0.05) is 256 Å². The SMILES string of the molecule is CCCCCCC/C=C\C/C=C\CCCCCCCCCCCCCCCCCCCCCC(=O)OC(COC(=O)CCCCCCCCCCCCCCCC)COP(=O)(O)OCCN. The van der Waals surface area contributed by atoms with Crippen molar-refractivity contribution >= 4 is 19.8 Å². The molecule has 0 spiro atoms. The fourth-order valence-corrected chi connectivity index (χ4v) is 9.14. The molecule has 0 aromatic heterocycles. The number of unbranched alkanes of at least 4 members (excludes halogenated alkanes) is 37. The summed E-state index contributed by atoms with van der Waals surface area (Å²) in [6.45, 7) is 3.78. The van der Waals surface area contributed by atoms with E-state index in [0.29, 0.717) is 6.42 Å². The van der Waals surface area contributed by atoms with Crippen LogP contribution in [0.3, 0.4) is 0 Å². The molecule has 0 bridgehead atoms. The quantitative estimate of drug-likeness (QED) is 0.0264. The van der Waals surface area contributed by atoms with Crippen molar-refractivity contribution < 1.29 is 37.6 Å². The molecule has 0 aliphatic heterocycles. The Morgan fingerprint density at radius 2 is 0.788 bits per heavy atom. The monoisotopic (exact) mass is 954 g/mol.